The number of benzene rings is 3. The zero-order valence-electron chi connectivity index (χ0n) is 19.3. The van der Waals surface area contributed by atoms with Gasteiger partial charge in [0.15, 0.2) is 0 Å². The van der Waals surface area contributed by atoms with E-state index in [-0.39, 0.29) is 5.91 Å². The summed E-state index contributed by atoms with van der Waals surface area (Å²) in [5.41, 5.74) is 4.33. The Morgan fingerprint density at radius 1 is 0.939 bits per heavy atom. The number of carbonyl (C=O) groups excluding carboxylic acids is 1. The number of hydrogen-bond acceptors (Lipinski definition) is 5. The van der Waals surface area contributed by atoms with E-state index < -0.39 is 0 Å². The quantitative estimate of drug-likeness (QED) is 0.494. The second-order valence-corrected chi connectivity index (χ2v) is 9.07. The number of carbonyl (C=O) groups is 1. The first-order valence-electron chi connectivity index (χ1n) is 11.3. The first-order valence-corrected chi connectivity index (χ1v) is 12.5. The second kappa shape index (κ2) is 11.3. The maximum atomic E-state index is 12.5. The first kappa shape index (κ1) is 23.2. The molecule has 172 valence electrons. The second-order valence-electron chi connectivity index (χ2n) is 8.19. The van der Waals surface area contributed by atoms with Crippen molar-refractivity contribution in [2.45, 2.75) is 18.0 Å². The van der Waals surface area contributed by atoms with Crippen LogP contribution in [0.2, 0.25) is 0 Å². The lowest BCUT2D eigenvalue weighted by Gasteiger charge is -2.36. The number of piperazine rings is 1. The largest absolute Gasteiger partial charge is 0.497 e. The number of ether oxygens (including phenoxy) is 1. The molecule has 1 aliphatic heterocycles. The van der Waals surface area contributed by atoms with Crippen molar-refractivity contribution in [3.05, 3.63) is 89.5 Å². The van der Waals surface area contributed by atoms with E-state index in [0.29, 0.717) is 12.1 Å². The number of amides is 1. The lowest BCUT2D eigenvalue weighted by atomic mass is 10.1. The standard InChI is InChI=1S/C27H31N3O2S/c1-32-25-10-6-21(7-11-25)20-29-14-16-30(17-15-29)24-5-3-4-22(18-24)19-28-27(31)23-8-12-26(33-2)13-9-23/h3-13,18H,14-17,19-20H2,1-2H3,(H,28,31). The maximum Gasteiger partial charge on any atom is 0.251 e. The molecule has 3 aromatic rings. The van der Waals surface area contributed by atoms with Crippen molar-refractivity contribution < 1.29 is 9.53 Å². The zero-order valence-corrected chi connectivity index (χ0v) is 20.1. The summed E-state index contributed by atoms with van der Waals surface area (Å²) in [6, 6.07) is 24.5. The first-order chi connectivity index (χ1) is 16.1. The van der Waals surface area contributed by atoms with E-state index in [1.165, 1.54) is 11.3 Å². The van der Waals surface area contributed by atoms with Gasteiger partial charge >= 0.3 is 0 Å². The predicted octanol–water partition coefficient (Wildman–Crippen LogP) is 4.67. The van der Waals surface area contributed by atoms with Crippen molar-refractivity contribution in [3.8, 4) is 5.75 Å². The summed E-state index contributed by atoms with van der Waals surface area (Å²) >= 11 is 1.67. The third-order valence-electron chi connectivity index (χ3n) is 6.02. The smallest absolute Gasteiger partial charge is 0.251 e. The minimum Gasteiger partial charge on any atom is -0.497 e. The van der Waals surface area contributed by atoms with Gasteiger partial charge in [-0.25, -0.2) is 0 Å². The minimum absolute atomic E-state index is 0.0415. The Bertz CT molecular complexity index is 1050. The summed E-state index contributed by atoms with van der Waals surface area (Å²) in [6.45, 7) is 5.52. The van der Waals surface area contributed by atoms with Crippen LogP contribution in [-0.2, 0) is 13.1 Å². The highest BCUT2D eigenvalue weighted by Crippen LogP contribution is 2.20. The summed E-state index contributed by atoms with van der Waals surface area (Å²) in [6.07, 6.45) is 2.03. The summed E-state index contributed by atoms with van der Waals surface area (Å²) in [7, 11) is 1.70. The van der Waals surface area contributed by atoms with Crippen molar-refractivity contribution in [1.82, 2.24) is 10.2 Å². The van der Waals surface area contributed by atoms with Gasteiger partial charge in [-0.15, -0.1) is 11.8 Å². The van der Waals surface area contributed by atoms with Gasteiger partial charge in [0.25, 0.3) is 5.91 Å². The SMILES string of the molecule is COc1ccc(CN2CCN(c3cccc(CNC(=O)c4ccc(SC)cc4)c3)CC2)cc1. The van der Waals surface area contributed by atoms with Crippen molar-refractivity contribution in [3.63, 3.8) is 0 Å². The van der Waals surface area contributed by atoms with Crippen molar-refractivity contribution in [2.75, 3.05) is 44.4 Å². The van der Waals surface area contributed by atoms with Crippen LogP contribution in [0.1, 0.15) is 21.5 Å². The van der Waals surface area contributed by atoms with Gasteiger partial charge in [-0.3, -0.25) is 9.69 Å². The molecule has 0 aromatic heterocycles. The topological polar surface area (TPSA) is 44.8 Å². The molecule has 1 fully saturated rings. The fourth-order valence-electron chi connectivity index (χ4n) is 4.04. The lowest BCUT2D eigenvalue weighted by Crippen LogP contribution is -2.46. The molecule has 0 unspecified atom stereocenters. The molecule has 6 heteroatoms. The molecule has 1 N–H and O–H groups in total. The molecule has 0 radical (unpaired) electrons. The zero-order chi connectivity index (χ0) is 23.0. The van der Waals surface area contributed by atoms with E-state index in [2.05, 4.69) is 51.5 Å². The van der Waals surface area contributed by atoms with Gasteiger partial charge in [0, 0.05) is 55.4 Å². The van der Waals surface area contributed by atoms with E-state index in [1.54, 1.807) is 18.9 Å². The van der Waals surface area contributed by atoms with Crippen LogP contribution in [0.25, 0.3) is 0 Å². The van der Waals surface area contributed by atoms with Crippen molar-refractivity contribution in [1.29, 1.82) is 0 Å². The maximum absolute atomic E-state index is 12.5. The van der Waals surface area contributed by atoms with Crippen LogP contribution in [0, 0.1) is 0 Å². The molecule has 0 spiro atoms. The molecule has 3 aromatic carbocycles. The summed E-state index contributed by atoms with van der Waals surface area (Å²) in [4.78, 5) is 18.6. The van der Waals surface area contributed by atoms with Gasteiger partial charge in [0.1, 0.15) is 5.75 Å². The average Bonchev–Trinajstić information content (AvgIpc) is 2.88. The van der Waals surface area contributed by atoms with Crippen LogP contribution < -0.4 is 15.0 Å². The fourth-order valence-corrected chi connectivity index (χ4v) is 4.45. The van der Waals surface area contributed by atoms with E-state index in [1.807, 2.05) is 42.7 Å². The summed E-state index contributed by atoms with van der Waals surface area (Å²) in [5.74, 6) is 0.855. The number of nitrogens with zero attached hydrogens (tertiary/aromatic N) is 2. The highest BCUT2D eigenvalue weighted by Gasteiger charge is 2.17. The molecule has 1 heterocycles. The summed E-state index contributed by atoms with van der Waals surface area (Å²) < 4.78 is 5.25. The van der Waals surface area contributed by atoms with Crippen LogP contribution in [0.15, 0.2) is 77.7 Å². The van der Waals surface area contributed by atoms with Crippen LogP contribution >= 0.6 is 11.8 Å². The molecule has 1 aliphatic rings. The van der Waals surface area contributed by atoms with Gasteiger partial charge in [0.2, 0.25) is 0 Å². The predicted molar refractivity (Wildman–Crippen MR) is 136 cm³/mol. The Hall–Kier alpha value is -2.96. The normalized spacial score (nSPS) is 14.2. The van der Waals surface area contributed by atoms with Crippen LogP contribution in [0.4, 0.5) is 5.69 Å². The molecule has 0 bridgehead atoms. The Kier molecular flexibility index (Phi) is 7.92. The Morgan fingerprint density at radius 2 is 1.67 bits per heavy atom. The van der Waals surface area contributed by atoms with E-state index in [0.717, 1.165) is 48.9 Å². The van der Waals surface area contributed by atoms with Crippen molar-refractivity contribution in [2.24, 2.45) is 0 Å². The highest BCUT2D eigenvalue weighted by molar-refractivity contribution is 7.98. The van der Waals surface area contributed by atoms with Crippen molar-refractivity contribution >= 4 is 23.4 Å². The molecule has 1 saturated heterocycles. The van der Waals surface area contributed by atoms with Gasteiger partial charge in [-0.1, -0.05) is 24.3 Å². The van der Waals surface area contributed by atoms with Gasteiger partial charge in [-0.2, -0.15) is 0 Å². The molecule has 0 saturated carbocycles. The van der Waals surface area contributed by atoms with Gasteiger partial charge < -0.3 is 15.0 Å². The fraction of sp³-hybridized carbons (Fsp3) is 0.296. The molecule has 0 atom stereocenters. The number of hydrogen-bond donors (Lipinski definition) is 1. The molecule has 1 amide bonds. The Balaban J connectivity index is 1.28. The van der Waals surface area contributed by atoms with E-state index in [9.17, 15) is 4.79 Å². The van der Waals surface area contributed by atoms with Gasteiger partial charge in [-0.05, 0) is 65.9 Å². The highest BCUT2D eigenvalue weighted by atomic mass is 32.2. The molecule has 33 heavy (non-hydrogen) atoms. The lowest BCUT2D eigenvalue weighted by molar-refractivity contribution is 0.0951. The van der Waals surface area contributed by atoms with Crippen LogP contribution in [0.5, 0.6) is 5.75 Å². The average molecular weight is 462 g/mol. The van der Waals surface area contributed by atoms with Crippen LogP contribution in [-0.4, -0.2) is 50.4 Å². The number of methoxy groups -OCH3 is 1. The number of anilines is 1. The third-order valence-corrected chi connectivity index (χ3v) is 6.76. The number of thioether (sulfide) groups is 1. The molecule has 4 rings (SSSR count). The van der Waals surface area contributed by atoms with Crippen LogP contribution in [0.3, 0.4) is 0 Å². The molecule has 5 nitrogen and oxygen atoms in total. The molecular weight excluding hydrogens is 430 g/mol. The molecular formula is C27H31N3O2S. The molecule has 0 aliphatic carbocycles. The van der Waals surface area contributed by atoms with E-state index >= 15 is 0 Å². The minimum atomic E-state index is -0.0415. The Labute approximate surface area is 200 Å². The Morgan fingerprint density at radius 3 is 2.33 bits per heavy atom. The van der Waals surface area contributed by atoms with E-state index in [4.69, 9.17) is 4.74 Å². The third kappa shape index (κ3) is 6.30. The number of nitrogens with one attached hydrogen (secondary N) is 1. The monoisotopic (exact) mass is 461 g/mol. The summed E-state index contributed by atoms with van der Waals surface area (Å²) in [5, 5.41) is 3.04. The number of rotatable bonds is 8. The van der Waals surface area contributed by atoms with Gasteiger partial charge in [0.05, 0.1) is 7.11 Å².